The first-order chi connectivity index (χ1) is 24.3. The van der Waals surface area contributed by atoms with Crippen molar-refractivity contribution in [1.29, 1.82) is 0 Å². The van der Waals surface area contributed by atoms with E-state index in [1.165, 1.54) is 21.9 Å². The highest BCUT2D eigenvalue weighted by molar-refractivity contribution is 6.18. The van der Waals surface area contributed by atoms with Crippen LogP contribution in [0.2, 0.25) is 0 Å². The highest BCUT2D eigenvalue weighted by Gasteiger charge is 2.20. The van der Waals surface area contributed by atoms with Crippen LogP contribution in [0.4, 0.5) is 0 Å². The molecule has 228 valence electrons. The van der Waals surface area contributed by atoms with Crippen LogP contribution in [0, 0.1) is 0 Å². The Balaban J connectivity index is 1.23. The first kappa shape index (κ1) is 27.5. The summed E-state index contributed by atoms with van der Waals surface area (Å²) in [5.41, 5.74) is 6.84. The molecule has 0 saturated carbocycles. The Kier molecular flexibility index (Phi) is 6.15. The average Bonchev–Trinajstić information content (AvgIpc) is 3.57. The first-order valence-corrected chi connectivity index (χ1v) is 16.5. The van der Waals surface area contributed by atoms with Gasteiger partial charge in [0.1, 0.15) is 11.2 Å². The van der Waals surface area contributed by atoms with Gasteiger partial charge in [-0.2, -0.15) is 0 Å². The van der Waals surface area contributed by atoms with E-state index in [1.54, 1.807) is 0 Å². The molecule has 0 atom stereocenters. The lowest BCUT2D eigenvalue weighted by Crippen LogP contribution is -2.01. The van der Waals surface area contributed by atoms with Gasteiger partial charge in [-0.25, -0.2) is 15.0 Å². The molecule has 0 unspecified atom stereocenters. The van der Waals surface area contributed by atoms with Gasteiger partial charge in [-0.3, -0.25) is 0 Å². The molecule has 0 bridgehead atoms. The van der Waals surface area contributed by atoms with E-state index >= 15 is 0 Å². The fourth-order valence-corrected chi connectivity index (χ4v) is 7.27. The summed E-state index contributed by atoms with van der Waals surface area (Å²) >= 11 is 0. The third-order valence-electron chi connectivity index (χ3n) is 9.54. The average molecular weight is 626 g/mol. The molecule has 0 aliphatic rings. The molecule has 0 spiro atoms. The summed E-state index contributed by atoms with van der Waals surface area (Å²) in [6.45, 7) is 0. The summed E-state index contributed by atoms with van der Waals surface area (Å²) in [5.74, 6) is 1.85. The molecule has 10 aromatic rings. The topological polar surface area (TPSA) is 51.8 Å². The minimum absolute atomic E-state index is 0.604. The van der Waals surface area contributed by atoms with Gasteiger partial charge in [-0.05, 0) is 50.2 Å². The van der Waals surface area contributed by atoms with Crippen molar-refractivity contribution in [2.75, 3.05) is 0 Å². The fourth-order valence-electron chi connectivity index (χ4n) is 7.27. The van der Waals surface area contributed by atoms with E-state index in [2.05, 4.69) is 121 Å². The Morgan fingerprint density at radius 1 is 0.327 bits per heavy atom. The molecular formula is C45H27N3O. The van der Waals surface area contributed by atoms with Gasteiger partial charge >= 0.3 is 0 Å². The van der Waals surface area contributed by atoms with Crippen LogP contribution in [0.25, 0.3) is 99.5 Å². The van der Waals surface area contributed by atoms with E-state index in [1.807, 2.05) is 42.5 Å². The summed E-state index contributed by atoms with van der Waals surface area (Å²) < 4.78 is 6.53. The van der Waals surface area contributed by atoms with Gasteiger partial charge in [0, 0.05) is 32.8 Å². The number of nitrogens with zero attached hydrogens (tertiary/aromatic N) is 3. The van der Waals surface area contributed by atoms with Crippen LogP contribution in [0.5, 0.6) is 0 Å². The molecule has 0 saturated heterocycles. The molecule has 8 aromatic carbocycles. The second kappa shape index (κ2) is 11.0. The van der Waals surface area contributed by atoms with Crippen molar-refractivity contribution in [2.45, 2.75) is 0 Å². The summed E-state index contributed by atoms with van der Waals surface area (Å²) in [7, 11) is 0. The maximum atomic E-state index is 6.53. The van der Waals surface area contributed by atoms with E-state index in [0.717, 1.165) is 60.2 Å². The van der Waals surface area contributed by atoms with Gasteiger partial charge in [-0.15, -0.1) is 0 Å². The maximum Gasteiger partial charge on any atom is 0.164 e. The van der Waals surface area contributed by atoms with Crippen molar-refractivity contribution in [1.82, 2.24) is 15.0 Å². The van der Waals surface area contributed by atoms with Crippen molar-refractivity contribution in [2.24, 2.45) is 0 Å². The zero-order chi connectivity index (χ0) is 32.3. The molecule has 49 heavy (non-hydrogen) atoms. The summed E-state index contributed by atoms with van der Waals surface area (Å²) in [6.07, 6.45) is 0. The number of furan rings is 1. The first-order valence-electron chi connectivity index (χ1n) is 16.5. The van der Waals surface area contributed by atoms with Gasteiger partial charge in [0.2, 0.25) is 0 Å². The molecule has 2 aromatic heterocycles. The van der Waals surface area contributed by atoms with Crippen molar-refractivity contribution in [3.05, 3.63) is 164 Å². The zero-order valence-corrected chi connectivity index (χ0v) is 26.3. The fraction of sp³-hybridized carbons (Fsp3) is 0. The van der Waals surface area contributed by atoms with E-state index in [9.17, 15) is 0 Å². The van der Waals surface area contributed by atoms with E-state index in [4.69, 9.17) is 19.4 Å². The predicted octanol–water partition coefficient (Wildman–Crippen LogP) is 11.9. The summed E-state index contributed by atoms with van der Waals surface area (Å²) in [4.78, 5) is 15.5. The zero-order valence-electron chi connectivity index (χ0n) is 26.3. The number of fused-ring (bicyclic) bond motifs is 7. The normalized spacial score (nSPS) is 11.7. The number of rotatable bonds is 4. The van der Waals surface area contributed by atoms with Crippen LogP contribution in [0.3, 0.4) is 0 Å². The maximum absolute atomic E-state index is 6.53. The van der Waals surface area contributed by atoms with E-state index in [-0.39, 0.29) is 0 Å². The lowest BCUT2D eigenvalue weighted by molar-refractivity contribution is 0.672. The second-order valence-corrected chi connectivity index (χ2v) is 12.3. The van der Waals surface area contributed by atoms with Crippen LogP contribution in [0.15, 0.2) is 168 Å². The van der Waals surface area contributed by atoms with Crippen LogP contribution in [-0.2, 0) is 0 Å². The molecular weight excluding hydrogens is 599 g/mol. The second-order valence-electron chi connectivity index (χ2n) is 12.3. The molecule has 10 rings (SSSR count). The third kappa shape index (κ3) is 4.42. The largest absolute Gasteiger partial charge is 0.455 e. The molecule has 4 heteroatoms. The minimum Gasteiger partial charge on any atom is -0.455 e. The van der Waals surface area contributed by atoms with Gasteiger partial charge in [0.05, 0.1) is 0 Å². The van der Waals surface area contributed by atoms with Gasteiger partial charge < -0.3 is 4.42 Å². The monoisotopic (exact) mass is 625 g/mol. The smallest absolute Gasteiger partial charge is 0.164 e. The standard InChI is InChI=1S/C45H27N3O/c1-2-14-30(15-3-1)43-46-44(37-23-10-21-35-34(20-9-22-36(35)37)33-19-8-16-28-12-4-6-17-31(28)33)48-45(47-43)39-24-11-25-40-41(39)38-27-26-29-13-5-7-18-32(29)42(38)49-40/h1-27H. The molecule has 0 radical (unpaired) electrons. The molecule has 2 heterocycles. The number of aromatic nitrogens is 3. The van der Waals surface area contributed by atoms with E-state index < -0.39 is 0 Å². The van der Waals surface area contributed by atoms with Gasteiger partial charge in [0.15, 0.2) is 17.5 Å². The molecule has 0 aliphatic heterocycles. The number of hydrogen-bond donors (Lipinski definition) is 0. The van der Waals surface area contributed by atoms with Crippen molar-refractivity contribution in [3.63, 3.8) is 0 Å². The van der Waals surface area contributed by atoms with Crippen molar-refractivity contribution in [3.8, 4) is 45.3 Å². The van der Waals surface area contributed by atoms with Crippen LogP contribution in [0.1, 0.15) is 0 Å². The Hall–Kier alpha value is -6.65. The van der Waals surface area contributed by atoms with Gasteiger partial charge in [-0.1, -0.05) is 152 Å². The molecule has 0 fully saturated rings. The lowest BCUT2D eigenvalue weighted by atomic mass is 9.92. The van der Waals surface area contributed by atoms with Crippen LogP contribution >= 0.6 is 0 Å². The lowest BCUT2D eigenvalue weighted by Gasteiger charge is -2.14. The Morgan fingerprint density at radius 2 is 0.857 bits per heavy atom. The van der Waals surface area contributed by atoms with Crippen LogP contribution < -0.4 is 0 Å². The van der Waals surface area contributed by atoms with Crippen LogP contribution in [-0.4, -0.2) is 15.0 Å². The molecule has 4 nitrogen and oxygen atoms in total. The number of hydrogen-bond acceptors (Lipinski definition) is 4. The summed E-state index contributed by atoms with van der Waals surface area (Å²) in [5, 5.41) is 8.94. The van der Waals surface area contributed by atoms with Gasteiger partial charge in [0.25, 0.3) is 0 Å². The quantitative estimate of drug-likeness (QED) is 0.195. The van der Waals surface area contributed by atoms with Crippen molar-refractivity contribution >= 4 is 54.3 Å². The highest BCUT2D eigenvalue weighted by atomic mass is 16.3. The molecule has 0 amide bonds. The Bertz CT molecular complexity index is 2890. The highest BCUT2D eigenvalue weighted by Crippen LogP contribution is 2.41. The molecule has 0 aliphatic carbocycles. The van der Waals surface area contributed by atoms with Crippen molar-refractivity contribution < 1.29 is 4.42 Å². The predicted molar refractivity (Wildman–Crippen MR) is 201 cm³/mol. The Morgan fingerprint density at radius 3 is 1.67 bits per heavy atom. The SMILES string of the molecule is c1ccc(-c2nc(-c3cccc4c(-c5cccc6ccccc56)cccc34)nc(-c3cccc4oc5c6ccccc6ccc5c34)n2)cc1. The third-order valence-corrected chi connectivity index (χ3v) is 9.54. The molecule has 0 N–H and O–H groups in total. The summed E-state index contributed by atoms with van der Waals surface area (Å²) in [6, 6.07) is 56.9. The number of benzene rings is 8. The minimum atomic E-state index is 0.604. The van der Waals surface area contributed by atoms with E-state index in [0.29, 0.717) is 17.5 Å². The Labute approximate surface area is 282 Å².